The monoisotopic (exact) mass is 311 g/mol. The number of ether oxygens (including phenoxy) is 2. The molecule has 0 saturated carbocycles. The van der Waals surface area contributed by atoms with E-state index in [0.717, 1.165) is 5.56 Å². The number of carbonyl (C=O) groups is 2. The van der Waals surface area contributed by atoms with Crippen molar-refractivity contribution in [2.75, 3.05) is 0 Å². The molecule has 0 aliphatic rings. The first-order chi connectivity index (χ1) is 10.2. The highest BCUT2D eigenvalue weighted by atomic mass is 16.8. The van der Waals surface area contributed by atoms with Crippen molar-refractivity contribution in [2.24, 2.45) is 5.92 Å². The lowest BCUT2D eigenvalue weighted by Crippen LogP contribution is -2.47. The van der Waals surface area contributed by atoms with Crippen LogP contribution in [-0.2, 0) is 20.9 Å². The maximum atomic E-state index is 12.2. The summed E-state index contributed by atoms with van der Waals surface area (Å²) in [7, 11) is 0. The van der Waals surface area contributed by atoms with Gasteiger partial charge < -0.3 is 14.8 Å². The SMILES string of the molecule is CC(C)[14C@H](NC(=O)OC(C)(C)C)[14C](=O)OCc1ccccc1. The molecule has 5 heteroatoms. The molecule has 0 saturated heterocycles. The van der Waals surface area contributed by atoms with Crippen LogP contribution in [0.15, 0.2) is 30.3 Å². The molecule has 0 aliphatic carbocycles. The summed E-state index contributed by atoms with van der Waals surface area (Å²) in [4.78, 5) is 24.0. The summed E-state index contributed by atoms with van der Waals surface area (Å²) in [6.45, 7) is 9.16. The molecule has 1 aromatic rings. The van der Waals surface area contributed by atoms with Crippen LogP contribution >= 0.6 is 0 Å². The third-order valence-electron chi connectivity index (χ3n) is 2.82. The van der Waals surface area contributed by atoms with E-state index in [1.807, 2.05) is 44.2 Å². The van der Waals surface area contributed by atoms with Crippen molar-refractivity contribution >= 4 is 12.1 Å². The van der Waals surface area contributed by atoms with Gasteiger partial charge in [0, 0.05) is 0 Å². The Bertz CT molecular complexity index is 491. The van der Waals surface area contributed by atoms with Gasteiger partial charge in [-0.1, -0.05) is 44.2 Å². The fraction of sp³-hybridized carbons (Fsp3) is 0.529. The molecule has 0 heterocycles. The van der Waals surface area contributed by atoms with Gasteiger partial charge in [-0.25, -0.2) is 9.59 Å². The molecular formula is C17H25NO4. The fourth-order valence-electron chi connectivity index (χ4n) is 1.75. The standard InChI is InChI=1S/C17H25NO4/c1-12(2)14(18-16(20)22-17(3,4)5)15(19)21-11-13-9-7-6-8-10-13/h6-10,12,14H,11H2,1-5H3,(H,18,20)/t14-/m0/s1/i14+2,15+2. The number of amides is 1. The highest BCUT2D eigenvalue weighted by Crippen LogP contribution is 2.10. The summed E-state index contributed by atoms with van der Waals surface area (Å²) in [6.07, 6.45) is -0.622. The van der Waals surface area contributed by atoms with Crippen molar-refractivity contribution in [3.05, 3.63) is 35.9 Å². The number of nitrogens with one attached hydrogen (secondary N) is 1. The molecule has 0 aromatic heterocycles. The predicted octanol–water partition coefficient (Wildman–Crippen LogP) is 3.28. The van der Waals surface area contributed by atoms with Gasteiger partial charge in [0.1, 0.15) is 18.2 Å². The van der Waals surface area contributed by atoms with Crippen molar-refractivity contribution in [2.45, 2.75) is 52.9 Å². The van der Waals surface area contributed by atoms with Crippen molar-refractivity contribution in [1.29, 1.82) is 0 Å². The van der Waals surface area contributed by atoms with Crippen molar-refractivity contribution in [1.82, 2.24) is 5.32 Å². The Labute approximate surface area is 132 Å². The highest BCUT2D eigenvalue weighted by molar-refractivity contribution is 5.81. The number of benzene rings is 1. The minimum Gasteiger partial charge on any atom is -0.459 e. The molecule has 0 aliphatic heterocycles. The van der Waals surface area contributed by atoms with E-state index < -0.39 is 23.7 Å². The van der Waals surface area contributed by atoms with Gasteiger partial charge in [0.2, 0.25) is 0 Å². The van der Waals surface area contributed by atoms with E-state index in [4.69, 9.17) is 9.47 Å². The molecule has 0 radical (unpaired) electrons. The van der Waals surface area contributed by atoms with Gasteiger partial charge in [0.15, 0.2) is 0 Å². The molecule has 1 amide bonds. The summed E-state index contributed by atoms with van der Waals surface area (Å²) in [5.74, 6) is -0.569. The average molecular weight is 311 g/mol. The second kappa shape index (κ2) is 7.82. The summed E-state index contributed by atoms with van der Waals surface area (Å²) in [6, 6.07) is 8.66. The van der Waals surface area contributed by atoms with E-state index >= 15 is 0 Å². The minimum atomic E-state index is -0.737. The number of rotatable bonds is 5. The van der Waals surface area contributed by atoms with Crippen LogP contribution in [0, 0.1) is 5.92 Å². The normalized spacial score (nSPS) is 12.6. The lowest BCUT2D eigenvalue weighted by Gasteiger charge is -2.24. The van der Waals surface area contributed by atoms with Crippen LogP contribution in [0.3, 0.4) is 0 Å². The maximum Gasteiger partial charge on any atom is 0.408 e. The summed E-state index contributed by atoms with van der Waals surface area (Å²) in [5.41, 5.74) is 0.287. The molecule has 1 rings (SSSR count). The maximum absolute atomic E-state index is 12.2. The number of esters is 1. The topological polar surface area (TPSA) is 64.6 Å². The Morgan fingerprint density at radius 1 is 1.27 bits per heavy atom. The second-order valence-electron chi connectivity index (χ2n) is 6.46. The van der Waals surface area contributed by atoms with Crippen LogP contribution in [0.2, 0.25) is 0 Å². The summed E-state index contributed by atoms with van der Waals surface area (Å²) >= 11 is 0. The zero-order chi connectivity index (χ0) is 16.8. The summed E-state index contributed by atoms with van der Waals surface area (Å²) < 4.78 is 10.4. The number of alkyl carbamates (subject to hydrolysis) is 1. The first-order valence-corrected chi connectivity index (χ1v) is 7.39. The Hall–Kier alpha value is -2.04. The molecule has 1 atom stereocenters. The molecule has 1 N–H and O–H groups in total. The van der Waals surface area contributed by atoms with Crippen molar-refractivity contribution < 1.29 is 19.1 Å². The molecule has 0 bridgehead atoms. The van der Waals surface area contributed by atoms with Gasteiger partial charge in [0.25, 0.3) is 0 Å². The Morgan fingerprint density at radius 3 is 2.36 bits per heavy atom. The number of hydrogen-bond acceptors (Lipinski definition) is 4. The third kappa shape index (κ3) is 6.61. The van der Waals surface area contributed by atoms with E-state index in [2.05, 4.69) is 5.32 Å². The lowest BCUT2D eigenvalue weighted by molar-refractivity contribution is -0.148. The zero-order valence-corrected chi connectivity index (χ0v) is 13.9. The molecule has 5 nitrogen and oxygen atoms in total. The van der Waals surface area contributed by atoms with Gasteiger partial charge in [-0.2, -0.15) is 0 Å². The minimum absolute atomic E-state index is 0.101. The number of hydrogen-bond donors (Lipinski definition) is 1. The second-order valence-corrected chi connectivity index (χ2v) is 6.46. The van der Waals surface area contributed by atoms with Crippen LogP contribution in [0.25, 0.3) is 0 Å². The van der Waals surface area contributed by atoms with E-state index in [1.54, 1.807) is 20.8 Å². The smallest absolute Gasteiger partial charge is 0.408 e. The van der Waals surface area contributed by atoms with Crippen LogP contribution < -0.4 is 5.32 Å². The van der Waals surface area contributed by atoms with Crippen LogP contribution in [0.1, 0.15) is 40.2 Å². The Kier molecular flexibility index (Phi) is 6.40. The van der Waals surface area contributed by atoms with Crippen LogP contribution in [0.4, 0.5) is 4.79 Å². The summed E-state index contributed by atoms with van der Waals surface area (Å²) in [5, 5.41) is 2.57. The predicted molar refractivity (Wildman–Crippen MR) is 84.2 cm³/mol. The average Bonchev–Trinajstić information content (AvgIpc) is 2.41. The largest absolute Gasteiger partial charge is 0.459 e. The zero-order valence-electron chi connectivity index (χ0n) is 13.9. The van der Waals surface area contributed by atoms with E-state index in [1.165, 1.54) is 0 Å². The van der Waals surface area contributed by atoms with Gasteiger partial charge in [0.05, 0.1) is 0 Å². The highest BCUT2D eigenvalue weighted by Gasteiger charge is 2.28. The molecule has 122 valence electrons. The molecule has 22 heavy (non-hydrogen) atoms. The first-order valence-electron chi connectivity index (χ1n) is 7.39. The first kappa shape index (κ1) is 18.0. The van der Waals surface area contributed by atoms with E-state index in [9.17, 15) is 9.59 Å². The molecule has 0 spiro atoms. The van der Waals surface area contributed by atoms with Crippen LogP contribution in [-0.4, -0.2) is 23.7 Å². The van der Waals surface area contributed by atoms with Gasteiger partial charge >= 0.3 is 12.1 Å². The van der Waals surface area contributed by atoms with Crippen molar-refractivity contribution in [3.8, 4) is 0 Å². The lowest BCUT2D eigenvalue weighted by atomic mass is 10.2. The molecular weight excluding hydrogens is 286 g/mol. The van der Waals surface area contributed by atoms with Gasteiger partial charge in [-0.15, -0.1) is 0 Å². The van der Waals surface area contributed by atoms with E-state index in [-0.39, 0.29) is 12.5 Å². The number of carbonyl (C=O) groups excluding carboxylic acids is 2. The molecule has 1 aromatic carbocycles. The van der Waals surface area contributed by atoms with Gasteiger partial charge in [-0.05, 0) is 32.3 Å². The quantitative estimate of drug-likeness (QED) is 0.848. The van der Waals surface area contributed by atoms with Crippen LogP contribution in [0.5, 0.6) is 0 Å². The molecule has 0 fully saturated rings. The Balaban J connectivity index is 2.58. The fourth-order valence-corrected chi connectivity index (χ4v) is 1.75. The van der Waals surface area contributed by atoms with Crippen molar-refractivity contribution in [3.63, 3.8) is 0 Å². The Morgan fingerprint density at radius 2 is 1.86 bits per heavy atom. The third-order valence-corrected chi connectivity index (χ3v) is 2.82. The van der Waals surface area contributed by atoms with Gasteiger partial charge in [-0.3, -0.25) is 0 Å². The molecule has 0 unspecified atom stereocenters. The van der Waals surface area contributed by atoms with E-state index in [0.29, 0.717) is 0 Å².